The molecule has 8 rings (SSSR count). The quantitative estimate of drug-likeness (QED) is 0.0266. The van der Waals surface area contributed by atoms with Gasteiger partial charge in [0.15, 0.2) is 10.8 Å². The number of carbonyl (C=O) groups excluding carboxylic acids is 5. The molecule has 5 aliphatic heterocycles. The van der Waals surface area contributed by atoms with E-state index in [1.165, 1.54) is 47.8 Å². The maximum absolute atomic E-state index is 12.7. The number of aliphatic hydroxyl groups is 1. The summed E-state index contributed by atoms with van der Waals surface area (Å²) < 4.78 is 4.88. The number of carboxylic acid groups (broad SMARTS) is 2. The second kappa shape index (κ2) is 22.3. The van der Waals surface area contributed by atoms with E-state index in [1.54, 1.807) is 25.9 Å². The topological polar surface area (TPSA) is 398 Å². The summed E-state index contributed by atoms with van der Waals surface area (Å²) >= 11 is 3.80. The number of nitrogen functional groups attached to an aromatic ring is 1. The van der Waals surface area contributed by atoms with E-state index in [-0.39, 0.29) is 118 Å². The van der Waals surface area contributed by atoms with Gasteiger partial charge < -0.3 is 52.5 Å². The number of amides is 4. The van der Waals surface area contributed by atoms with Crippen LogP contribution in [0.15, 0.2) is 46.8 Å². The number of likely N-dealkylation sites (N-methyl/N-ethyl adjacent to an activating group) is 1. The van der Waals surface area contributed by atoms with Gasteiger partial charge in [-0.05, 0) is 13.3 Å². The van der Waals surface area contributed by atoms with Crippen LogP contribution >= 0.6 is 34.9 Å². The summed E-state index contributed by atoms with van der Waals surface area (Å²) in [6.45, 7) is 5.05. The number of imidazole rings is 1. The summed E-state index contributed by atoms with van der Waals surface area (Å²) in [6, 6.07) is -1.54. The van der Waals surface area contributed by atoms with E-state index in [4.69, 9.17) is 10.5 Å². The van der Waals surface area contributed by atoms with Crippen molar-refractivity contribution in [3.8, 4) is 0 Å². The molecule has 4 amide bonds. The number of aliphatic carboxylic acids is 2. The van der Waals surface area contributed by atoms with Gasteiger partial charge in [-0.2, -0.15) is 0 Å². The number of aromatic nitrogens is 5. The zero-order chi connectivity index (χ0) is 50.0. The molecule has 3 saturated heterocycles. The van der Waals surface area contributed by atoms with Crippen LogP contribution in [0.1, 0.15) is 34.3 Å². The molecule has 5 aliphatic rings. The molecule has 8 heterocycles. The number of carboxylic acids is 2. The molecule has 27 nitrogen and oxygen atoms in total. The largest absolute Gasteiger partial charge is 1.00 e. The van der Waals surface area contributed by atoms with Crippen LogP contribution in [0, 0.1) is 11.8 Å². The van der Waals surface area contributed by atoms with Crippen molar-refractivity contribution >= 4 is 98.4 Å². The Kier molecular flexibility index (Phi) is 17.5. The van der Waals surface area contributed by atoms with Crippen LogP contribution in [0.3, 0.4) is 0 Å². The van der Waals surface area contributed by atoms with Crippen molar-refractivity contribution in [1.29, 1.82) is 0 Å². The van der Waals surface area contributed by atoms with Gasteiger partial charge >= 0.3 is 58.8 Å². The predicted molar refractivity (Wildman–Crippen MR) is 244 cm³/mol. The second-order valence-corrected chi connectivity index (χ2v) is 19.1. The van der Waals surface area contributed by atoms with Crippen molar-refractivity contribution in [2.24, 2.45) is 17.0 Å². The Morgan fingerprint density at radius 3 is 2.26 bits per heavy atom. The number of esters is 1. The van der Waals surface area contributed by atoms with Gasteiger partial charge in [0.1, 0.15) is 53.4 Å². The van der Waals surface area contributed by atoms with Crippen LogP contribution in [0.25, 0.3) is 11.2 Å². The van der Waals surface area contributed by atoms with E-state index >= 15 is 0 Å². The number of rotatable bonds is 12. The zero-order valence-corrected chi connectivity index (χ0v) is 42.3. The van der Waals surface area contributed by atoms with Gasteiger partial charge in [-0.25, -0.2) is 24.2 Å². The molecular weight excluding hydrogens is 984 g/mol. The number of aliphatic hydroxyl groups excluding tert-OH is 1. The Morgan fingerprint density at radius 1 is 1.04 bits per heavy atom. The van der Waals surface area contributed by atoms with Crippen LogP contribution in [-0.2, 0) is 43.1 Å². The number of nitrogens with two attached hydrogens (primary N) is 1. The summed E-state index contributed by atoms with van der Waals surface area (Å²) in [5.74, 6) is -5.12. The number of aromatic amines is 4. The Morgan fingerprint density at radius 2 is 1.70 bits per heavy atom. The molecule has 0 spiro atoms. The van der Waals surface area contributed by atoms with Crippen molar-refractivity contribution in [2.45, 2.75) is 62.0 Å². The number of β-lactam (4-membered cyclic amide) rings is 2. The predicted octanol–water partition coefficient (Wildman–Crippen LogP) is -5.58. The third kappa shape index (κ3) is 11.3. The number of oxime groups is 1. The Hall–Kier alpha value is -5.76. The first kappa shape index (κ1) is 54.2. The van der Waals surface area contributed by atoms with Gasteiger partial charge in [-0.3, -0.25) is 53.6 Å². The van der Waals surface area contributed by atoms with Gasteiger partial charge in [0.2, 0.25) is 11.8 Å². The molecule has 3 fully saturated rings. The number of fused-ring (bicyclic) bond motifs is 3. The first-order valence-corrected chi connectivity index (χ1v) is 23.1. The molecule has 3 aromatic rings. The number of thiazole rings is 1. The number of nitrogens with one attached hydrogen (secondary N) is 6. The summed E-state index contributed by atoms with van der Waals surface area (Å²) in [4.78, 5) is 139. The van der Waals surface area contributed by atoms with Crippen LogP contribution in [0.2, 0.25) is 0 Å². The number of hydrogen-bond donors (Lipinski definition) is 10. The van der Waals surface area contributed by atoms with Crippen LogP contribution in [0.4, 0.5) is 5.13 Å². The monoisotopic (exact) mass is 1030 g/mol. The number of carbonyl (C=O) groups is 7. The van der Waals surface area contributed by atoms with Crippen molar-refractivity contribution < 1.29 is 89.4 Å². The fourth-order valence-corrected chi connectivity index (χ4v) is 11.3. The molecule has 0 bridgehead atoms. The molecule has 0 aliphatic carbocycles. The molecule has 31 heteroatoms. The first-order chi connectivity index (χ1) is 32.0. The van der Waals surface area contributed by atoms with Crippen molar-refractivity contribution in [2.75, 3.05) is 45.8 Å². The van der Waals surface area contributed by atoms with E-state index in [0.29, 0.717) is 23.4 Å². The fourth-order valence-electron chi connectivity index (χ4n) is 7.99. The van der Waals surface area contributed by atoms with E-state index in [9.17, 15) is 63.3 Å². The maximum Gasteiger partial charge on any atom is 1.00 e. The summed E-state index contributed by atoms with van der Waals surface area (Å²) in [6.07, 6.45) is -0.190. The number of nitrogens with zero attached hydrogens (tertiary/aromatic N) is 5. The number of anilines is 1. The third-order valence-corrected chi connectivity index (χ3v) is 14.5. The zero-order valence-electron chi connectivity index (χ0n) is 38.8. The minimum Gasteiger partial charge on any atom is -1.00 e. The minimum atomic E-state index is -1.32. The average Bonchev–Trinajstić information content (AvgIpc) is 4.06. The molecule has 11 N–H and O–H groups in total. The van der Waals surface area contributed by atoms with Gasteiger partial charge in [0.25, 0.3) is 17.4 Å². The number of thioether (sulfide) groups is 2. The molecule has 0 saturated carbocycles. The first-order valence-electron chi connectivity index (χ1n) is 20.3. The molecule has 368 valence electrons. The van der Waals surface area contributed by atoms with Crippen molar-refractivity contribution in [1.82, 2.24) is 50.3 Å². The Labute approximate surface area is 424 Å². The minimum absolute atomic E-state index is 0. The number of hydrogen-bond acceptors (Lipinski definition) is 20. The summed E-state index contributed by atoms with van der Waals surface area (Å²) in [7, 11) is 4.67. The summed E-state index contributed by atoms with van der Waals surface area (Å²) in [5.41, 5.74) is 4.05. The maximum atomic E-state index is 12.7. The fraction of sp³-hybridized carbons (Fsp3) is 0.474. The average molecular weight is 1030 g/mol. The number of H-pyrrole nitrogens is 4. The normalized spacial score (nSPS) is 24.0. The molecule has 3 aromatic heterocycles. The summed E-state index contributed by atoms with van der Waals surface area (Å²) in [5, 5.41) is 39.6. The standard InChI is InChI=1S/C17H25N3O5S.C16H17N5O7S2.C5H4N4O3.Na.H/c1-7-12-11(8(2)21)16(23)20(12)13(17(24)25)14(7)26-9-5-10(18-6-9)15(22)19(3)4;1-6(22)28-3-7-4-29-14-10(13(24)21(14)11(7)15(25)26)19-12(23)9(20-27-2)8-5-30-16(17)18-8;10-3-1-2(7-4(11)6-1)8-5(12)9-3;;/h7-12,18,21H,5-6H2,1-4H3,(H,24,25);5,10,14H,3-4H2,1-2H3,(H2,17,18)(H,19,23)(H,25,26);(H4,6,7,8,9,10,11,12);;/q;;;+1;-1/b;20-9+;;;/t7-,8-,9+,10+,11-,12-;10-,14-;;;/m11.../s1. The molecular formula is C38H47N12NaO15S3. The smallest absolute Gasteiger partial charge is 1.00 e. The van der Waals surface area contributed by atoms with Gasteiger partial charge in [-0.15, -0.1) is 34.9 Å². The molecule has 0 radical (unpaired) electrons. The molecule has 8 atom stereocenters. The number of ether oxygens (including phenoxy) is 1. The van der Waals surface area contributed by atoms with E-state index in [0.717, 1.165) is 16.2 Å². The second-order valence-electron chi connectivity index (χ2n) is 15.8. The van der Waals surface area contributed by atoms with Gasteiger partial charge in [-0.1, -0.05) is 12.1 Å². The third-order valence-electron chi connectivity index (χ3n) is 11.0. The van der Waals surface area contributed by atoms with Crippen LogP contribution in [-0.4, -0.2) is 177 Å². The van der Waals surface area contributed by atoms with Crippen LogP contribution in [0.5, 0.6) is 0 Å². The van der Waals surface area contributed by atoms with Crippen LogP contribution < -0.4 is 62.9 Å². The SMILES string of the molecule is CO/N=C(/C(=O)N[C@@H]1C(=O)N2C(C(=O)O)=C(COC(C)=O)CS[C@H]12)c1csc(N)n1.C[C@@H](O)[C@H]1C(=O)N2C(C(=O)O)=C(S[C@@H]3CN[C@H](C(=O)N(C)C)C3)[C@H](C)[C@H]12.O=c1[nH]c(=O)c2[nH]c(=O)[nH]c2[nH]1.[H-].[Na+]. The van der Waals surface area contributed by atoms with E-state index in [1.807, 2.05) is 11.9 Å². The van der Waals surface area contributed by atoms with E-state index < -0.39 is 70.1 Å². The molecule has 0 aromatic carbocycles. The Balaban J connectivity index is 0.000000242. The van der Waals surface area contributed by atoms with Gasteiger partial charge in [0, 0.05) is 60.3 Å². The van der Waals surface area contributed by atoms with E-state index in [2.05, 4.69) is 40.6 Å². The Bertz CT molecular complexity index is 2840. The molecule has 0 unspecified atom stereocenters. The van der Waals surface area contributed by atoms with Crippen molar-refractivity contribution in [3.63, 3.8) is 0 Å². The van der Waals surface area contributed by atoms with Gasteiger partial charge in [0.05, 0.1) is 24.1 Å². The molecule has 69 heavy (non-hydrogen) atoms. The van der Waals surface area contributed by atoms with Crippen molar-refractivity contribution in [3.05, 3.63) is 64.3 Å².